The van der Waals surface area contributed by atoms with E-state index in [1.807, 2.05) is 48.5 Å². The van der Waals surface area contributed by atoms with Gasteiger partial charge in [-0.1, -0.05) is 56.3 Å². The van der Waals surface area contributed by atoms with Gasteiger partial charge in [0, 0.05) is 16.8 Å². The SMILES string of the molecule is COc1cc2c(cc1OCc1ccccc1)oc(=O)c1cc(C(C)C)ccc12. The van der Waals surface area contributed by atoms with E-state index < -0.39 is 0 Å². The Hall–Kier alpha value is -3.27. The Morgan fingerprint density at radius 1 is 0.893 bits per heavy atom. The topological polar surface area (TPSA) is 48.7 Å². The van der Waals surface area contributed by atoms with Crippen LogP contribution in [0, 0.1) is 0 Å². The predicted molar refractivity (Wildman–Crippen MR) is 111 cm³/mol. The van der Waals surface area contributed by atoms with Crippen molar-refractivity contribution in [2.75, 3.05) is 7.11 Å². The third-order valence-corrected chi connectivity index (χ3v) is 4.93. The van der Waals surface area contributed by atoms with Gasteiger partial charge in [-0.15, -0.1) is 0 Å². The molecule has 4 aromatic rings. The summed E-state index contributed by atoms with van der Waals surface area (Å²) in [6.07, 6.45) is 0. The number of hydrogen-bond acceptors (Lipinski definition) is 4. The largest absolute Gasteiger partial charge is 0.493 e. The minimum atomic E-state index is -0.343. The van der Waals surface area contributed by atoms with Crippen LogP contribution in [0.25, 0.3) is 21.7 Å². The summed E-state index contributed by atoms with van der Waals surface area (Å²) in [5, 5.41) is 2.26. The Bertz CT molecular complexity index is 1190. The summed E-state index contributed by atoms with van der Waals surface area (Å²) in [7, 11) is 1.61. The minimum absolute atomic E-state index is 0.336. The van der Waals surface area contributed by atoms with Gasteiger partial charge in [-0.05, 0) is 29.2 Å². The number of ether oxygens (including phenoxy) is 2. The molecule has 0 saturated heterocycles. The summed E-state index contributed by atoms with van der Waals surface area (Å²) < 4.78 is 17.1. The fourth-order valence-corrected chi connectivity index (χ4v) is 3.32. The molecule has 0 amide bonds. The molecule has 0 spiro atoms. The van der Waals surface area contributed by atoms with Crippen molar-refractivity contribution in [1.29, 1.82) is 0 Å². The summed E-state index contributed by atoms with van der Waals surface area (Å²) in [5.41, 5.74) is 2.29. The number of rotatable bonds is 5. The summed E-state index contributed by atoms with van der Waals surface area (Å²) in [5.74, 6) is 1.48. The van der Waals surface area contributed by atoms with Crippen LogP contribution in [-0.4, -0.2) is 7.11 Å². The lowest BCUT2D eigenvalue weighted by Gasteiger charge is -2.13. The molecule has 0 aliphatic rings. The van der Waals surface area contributed by atoms with E-state index in [0.29, 0.717) is 35.0 Å². The van der Waals surface area contributed by atoms with Crippen LogP contribution < -0.4 is 15.1 Å². The second kappa shape index (κ2) is 7.39. The average molecular weight is 374 g/mol. The van der Waals surface area contributed by atoms with Crippen molar-refractivity contribution >= 4 is 21.7 Å². The zero-order valence-electron chi connectivity index (χ0n) is 16.2. The number of methoxy groups -OCH3 is 1. The summed E-state index contributed by atoms with van der Waals surface area (Å²) in [6.45, 7) is 4.60. The first-order valence-corrected chi connectivity index (χ1v) is 9.32. The van der Waals surface area contributed by atoms with Gasteiger partial charge in [0.15, 0.2) is 11.5 Å². The standard InChI is InChI=1S/C24H22O4/c1-15(2)17-9-10-18-19-12-22(26-3)23(27-14-16-7-5-4-6-8-16)13-21(19)28-24(25)20(18)11-17/h4-13,15H,14H2,1-3H3. The van der Waals surface area contributed by atoms with Crippen LogP contribution in [0.4, 0.5) is 0 Å². The zero-order chi connectivity index (χ0) is 19.7. The van der Waals surface area contributed by atoms with Gasteiger partial charge in [0.25, 0.3) is 0 Å². The first-order chi connectivity index (χ1) is 13.6. The second-order valence-corrected chi connectivity index (χ2v) is 7.12. The van der Waals surface area contributed by atoms with Gasteiger partial charge in [0.1, 0.15) is 12.2 Å². The van der Waals surface area contributed by atoms with Gasteiger partial charge in [-0.3, -0.25) is 0 Å². The molecule has 142 valence electrons. The average Bonchev–Trinajstić information content (AvgIpc) is 2.72. The molecular weight excluding hydrogens is 352 g/mol. The van der Waals surface area contributed by atoms with E-state index in [-0.39, 0.29) is 5.63 Å². The Balaban J connectivity index is 1.82. The van der Waals surface area contributed by atoms with Crippen LogP contribution >= 0.6 is 0 Å². The molecule has 0 unspecified atom stereocenters. The molecule has 0 radical (unpaired) electrons. The molecule has 3 aromatic carbocycles. The molecule has 1 aromatic heterocycles. The molecular formula is C24H22O4. The molecule has 4 nitrogen and oxygen atoms in total. The molecule has 1 heterocycles. The highest BCUT2D eigenvalue weighted by Gasteiger charge is 2.14. The van der Waals surface area contributed by atoms with Crippen molar-refractivity contribution in [3.05, 3.63) is 82.2 Å². The van der Waals surface area contributed by atoms with Crippen LogP contribution in [0.1, 0.15) is 30.9 Å². The van der Waals surface area contributed by atoms with Crippen LogP contribution in [0.5, 0.6) is 11.5 Å². The van der Waals surface area contributed by atoms with E-state index in [2.05, 4.69) is 19.9 Å². The number of benzene rings is 3. The predicted octanol–water partition coefficient (Wildman–Crippen LogP) is 5.66. The Morgan fingerprint density at radius 3 is 2.39 bits per heavy atom. The normalized spacial score (nSPS) is 11.3. The fraction of sp³-hybridized carbons (Fsp3) is 0.208. The maximum absolute atomic E-state index is 12.6. The first-order valence-electron chi connectivity index (χ1n) is 9.32. The van der Waals surface area contributed by atoms with Gasteiger partial charge in [0.05, 0.1) is 12.5 Å². The highest BCUT2D eigenvalue weighted by molar-refractivity contribution is 6.05. The summed E-state index contributed by atoms with van der Waals surface area (Å²) >= 11 is 0. The Morgan fingerprint density at radius 2 is 1.68 bits per heavy atom. The van der Waals surface area contributed by atoms with Crippen LogP contribution in [-0.2, 0) is 6.61 Å². The Kier molecular flexibility index (Phi) is 4.78. The van der Waals surface area contributed by atoms with Gasteiger partial charge in [-0.25, -0.2) is 4.79 Å². The zero-order valence-corrected chi connectivity index (χ0v) is 16.2. The molecule has 0 bridgehead atoms. The summed E-state index contributed by atoms with van der Waals surface area (Å²) in [4.78, 5) is 12.6. The summed E-state index contributed by atoms with van der Waals surface area (Å²) in [6, 6.07) is 19.4. The smallest absolute Gasteiger partial charge is 0.344 e. The van der Waals surface area contributed by atoms with Gasteiger partial charge >= 0.3 is 5.63 Å². The van der Waals surface area contributed by atoms with Crippen molar-refractivity contribution < 1.29 is 13.9 Å². The molecule has 0 aliphatic carbocycles. The van der Waals surface area contributed by atoms with E-state index in [9.17, 15) is 4.79 Å². The molecule has 0 atom stereocenters. The molecule has 28 heavy (non-hydrogen) atoms. The second-order valence-electron chi connectivity index (χ2n) is 7.12. The maximum Gasteiger partial charge on any atom is 0.344 e. The number of fused-ring (bicyclic) bond motifs is 3. The fourth-order valence-electron chi connectivity index (χ4n) is 3.32. The third kappa shape index (κ3) is 3.33. The first kappa shape index (κ1) is 18.1. The van der Waals surface area contributed by atoms with E-state index in [1.54, 1.807) is 13.2 Å². The molecule has 4 rings (SSSR count). The van der Waals surface area contributed by atoms with E-state index in [4.69, 9.17) is 13.9 Å². The van der Waals surface area contributed by atoms with Crippen molar-refractivity contribution in [1.82, 2.24) is 0 Å². The lowest BCUT2D eigenvalue weighted by molar-refractivity contribution is 0.284. The van der Waals surface area contributed by atoms with E-state index in [0.717, 1.165) is 21.9 Å². The molecule has 4 heteroatoms. The van der Waals surface area contributed by atoms with Gasteiger partial charge in [-0.2, -0.15) is 0 Å². The lowest BCUT2D eigenvalue weighted by atomic mass is 9.98. The van der Waals surface area contributed by atoms with E-state index in [1.165, 1.54) is 0 Å². The van der Waals surface area contributed by atoms with Crippen molar-refractivity contribution in [2.24, 2.45) is 0 Å². The van der Waals surface area contributed by atoms with Gasteiger partial charge in [0.2, 0.25) is 0 Å². The quantitative estimate of drug-likeness (QED) is 0.334. The minimum Gasteiger partial charge on any atom is -0.493 e. The molecule has 0 saturated carbocycles. The maximum atomic E-state index is 12.6. The molecule has 0 aliphatic heterocycles. The van der Waals surface area contributed by atoms with Crippen molar-refractivity contribution in [3.63, 3.8) is 0 Å². The van der Waals surface area contributed by atoms with Crippen LogP contribution in [0.2, 0.25) is 0 Å². The number of hydrogen-bond donors (Lipinski definition) is 0. The van der Waals surface area contributed by atoms with Crippen LogP contribution in [0.3, 0.4) is 0 Å². The van der Waals surface area contributed by atoms with E-state index >= 15 is 0 Å². The lowest BCUT2D eigenvalue weighted by Crippen LogP contribution is -2.03. The van der Waals surface area contributed by atoms with Crippen molar-refractivity contribution in [3.8, 4) is 11.5 Å². The van der Waals surface area contributed by atoms with Gasteiger partial charge < -0.3 is 13.9 Å². The van der Waals surface area contributed by atoms with Crippen molar-refractivity contribution in [2.45, 2.75) is 26.4 Å². The molecule has 0 N–H and O–H groups in total. The molecule has 0 fully saturated rings. The highest BCUT2D eigenvalue weighted by Crippen LogP contribution is 2.36. The third-order valence-electron chi connectivity index (χ3n) is 4.93. The monoisotopic (exact) mass is 374 g/mol. The Labute approximate surface area is 163 Å². The van der Waals surface area contributed by atoms with Crippen LogP contribution in [0.15, 0.2) is 69.9 Å². The highest BCUT2D eigenvalue weighted by atomic mass is 16.5.